The molecule has 4 amide bonds. The Morgan fingerprint density at radius 2 is 1.82 bits per heavy atom. The molecule has 0 unspecified atom stereocenters. The number of ether oxygens (including phenoxy) is 1. The van der Waals surface area contributed by atoms with E-state index in [2.05, 4.69) is 32.6 Å². The van der Waals surface area contributed by atoms with Gasteiger partial charge < -0.3 is 20.3 Å². The van der Waals surface area contributed by atoms with Crippen LogP contribution in [0.15, 0.2) is 53.8 Å². The number of aromatic nitrogens is 1. The Hall–Kier alpha value is -4.79. The summed E-state index contributed by atoms with van der Waals surface area (Å²) in [5.41, 5.74) is -1.33. The van der Waals surface area contributed by atoms with Gasteiger partial charge in [0.1, 0.15) is 34.1 Å². The van der Waals surface area contributed by atoms with Gasteiger partial charge in [-0.15, -0.1) is 0 Å². The summed E-state index contributed by atoms with van der Waals surface area (Å²) >= 11 is 0. The Morgan fingerprint density at radius 3 is 2.47 bits per heavy atom. The summed E-state index contributed by atoms with van der Waals surface area (Å²) in [4.78, 5) is 59.1. The number of carbonyl (C=O) groups is 4. The number of pyridine rings is 1. The van der Waals surface area contributed by atoms with Crippen LogP contribution in [0.1, 0.15) is 58.7 Å². The van der Waals surface area contributed by atoms with Crippen LogP contribution in [0.25, 0.3) is 0 Å². The summed E-state index contributed by atoms with van der Waals surface area (Å²) in [7, 11) is 1.61. The summed E-state index contributed by atoms with van der Waals surface area (Å²) in [6.45, 7) is 8.45. The Morgan fingerprint density at radius 1 is 1.11 bits per heavy atom. The number of hydrogen-bond donors (Lipinski definition) is 2. The largest absolute Gasteiger partial charge is 0.444 e. The number of piperidine rings is 1. The number of hydrogen-bond acceptors (Lipinski definition) is 7. The van der Waals surface area contributed by atoms with Gasteiger partial charge in [0.05, 0.1) is 11.9 Å². The van der Waals surface area contributed by atoms with Crippen LogP contribution in [0.3, 0.4) is 0 Å². The van der Waals surface area contributed by atoms with Crippen molar-refractivity contribution in [2.75, 3.05) is 20.1 Å². The first-order valence-corrected chi connectivity index (χ1v) is 14.7. The van der Waals surface area contributed by atoms with Gasteiger partial charge in [-0.25, -0.2) is 19.2 Å². The van der Waals surface area contributed by atoms with Crippen molar-refractivity contribution in [3.8, 4) is 11.8 Å². The molecule has 0 spiro atoms. The lowest BCUT2D eigenvalue weighted by Gasteiger charge is -2.40. The Kier molecular flexibility index (Phi) is 9.61. The summed E-state index contributed by atoms with van der Waals surface area (Å²) in [5, 5.41) is 11.1. The smallest absolute Gasteiger partial charge is 0.408 e. The van der Waals surface area contributed by atoms with Crippen LogP contribution in [0.5, 0.6) is 0 Å². The topological polar surface area (TPSA) is 133 Å². The predicted octanol–water partition coefficient (Wildman–Crippen LogP) is 3.04. The third-order valence-corrected chi connectivity index (χ3v) is 7.50. The highest BCUT2D eigenvalue weighted by atomic mass is 19.1. The molecule has 2 atom stereocenters. The molecule has 2 aliphatic rings. The van der Waals surface area contributed by atoms with Gasteiger partial charge in [0, 0.05) is 33.0 Å². The maximum absolute atomic E-state index is 14.1. The molecule has 12 heteroatoms. The molecule has 1 aromatic carbocycles. The minimum absolute atomic E-state index is 0.0710. The summed E-state index contributed by atoms with van der Waals surface area (Å²) in [6.07, 6.45) is 0.880. The number of nitrogens with one attached hydrogen (secondary N) is 2. The molecular formula is C33H39FN6O5. The number of alkyl carbamates (subject to hydrolysis) is 1. The Labute approximate surface area is 262 Å². The van der Waals surface area contributed by atoms with Crippen LogP contribution in [-0.2, 0) is 25.5 Å². The molecule has 2 N–H and O–H groups in total. The molecule has 0 aliphatic carbocycles. The molecule has 2 aromatic rings. The second-order valence-corrected chi connectivity index (χ2v) is 12.8. The molecule has 3 heterocycles. The minimum Gasteiger partial charge on any atom is -0.444 e. The highest BCUT2D eigenvalue weighted by Crippen LogP contribution is 2.38. The van der Waals surface area contributed by atoms with E-state index < -0.39 is 46.3 Å². The Bertz CT molecular complexity index is 1540. The van der Waals surface area contributed by atoms with Crippen LogP contribution < -0.4 is 10.6 Å². The number of rotatable bonds is 7. The maximum atomic E-state index is 14.1. The van der Waals surface area contributed by atoms with Crippen LogP contribution >= 0.6 is 0 Å². The highest BCUT2D eigenvalue weighted by Gasteiger charge is 2.54. The van der Waals surface area contributed by atoms with Crippen molar-refractivity contribution in [3.63, 3.8) is 0 Å². The lowest BCUT2D eigenvalue weighted by Crippen LogP contribution is -2.62. The second-order valence-electron chi connectivity index (χ2n) is 12.8. The van der Waals surface area contributed by atoms with E-state index in [0.29, 0.717) is 24.2 Å². The molecule has 2 aliphatic heterocycles. The number of likely N-dealkylation sites (tertiary alicyclic amines) is 1. The van der Waals surface area contributed by atoms with E-state index >= 15 is 0 Å². The van der Waals surface area contributed by atoms with Crippen LogP contribution in [0.4, 0.5) is 9.18 Å². The zero-order chi connectivity index (χ0) is 33.0. The van der Waals surface area contributed by atoms with E-state index in [1.54, 1.807) is 32.7 Å². The molecule has 1 aromatic heterocycles. The number of hydrazone groups is 1. The second kappa shape index (κ2) is 13.1. The van der Waals surface area contributed by atoms with Gasteiger partial charge in [-0.2, -0.15) is 5.10 Å². The number of carbonyl (C=O) groups excluding carboxylic acids is 4. The van der Waals surface area contributed by atoms with E-state index in [9.17, 15) is 23.6 Å². The summed E-state index contributed by atoms with van der Waals surface area (Å²) in [5.74, 6) is 3.89. The fraction of sp³-hybridized carbons (Fsp3) is 0.455. The van der Waals surface area contributed by atoms with Gasteiger partial charge >= 0.3 is 6.09 Å². The van der Waals surface area contributed by atoms with E-state index in [4.69, 9.17) is 4.74 Å². The maximum Gasteiger partial charge on any atom is 0.408 e. The zero-order valence-electron chi connectivity index (χ0n) is 26.4. The van der Waals surface area contributed by atoms with Gasteiger partial charge in [0.2, 0.25) is 11.8 Å². The summed E-state index contributed by atoms with van der Waals surface area (Å²) in [6, 6.07) is 11.0. The van der Waals surface area contributed by atoms with Crippen molar-refractivity contribution in [2.45, 2.75) is 71.1 Å². The van der Waals surface area contributed by atoms with Gasteiger partial charge in [0.25, 0.3) is 5.91 Å². The predicted molar refractivity (Wildman–Crippen MR) is 165 cm³/mol. The quantitative estimate of drug-likeness (QED) is 0.459. The number of fused-ring (bicyclic) bond motifs is 1. The number of amides is 4. The Balaban J connectivity index is 1.59. The monoisotopic (exact) mass is 618 g/mol. The van der Waals surface area contributed by atoms with Gasteiger partial charge in [0.15, 0.2) is 0 Å². The molecule has 45 heavy (non-hydrogen) atoms. The van der Waals surface area contributed by atoms with Gasteiger partial charge in [-0.1, -0.05) is 36.3 Å². The molecular weight excluding hydrogens is 579 g/mol. The molecule has 0 bridgehead atoms. The summed E-state index contributed by atoms with van der Waals surface area (Å²) < 4.78 is 18.6. The van der Waals surface area contributed by atoms with E-state index in [1.807, 2.05) is 30.3 Å². The van der Waals surface area contributed by atoms with E-state index in [0.717, 1.165) is 11.8 Å². The molecule has 11 nitrogen and oxygen atoms in total. The van der Waals surface area contributed by atoms with Crippen molar-refractivity contribution >= 4 is 29.5 Å². The number of halogens is 1. The highest BCUT2D eigenvalue weighted by molar-refractivity contribution is 6.13. The molecule has 4 rings (SSSR count). The fourth-order valence-corrected chi connectivity index (χ4v) is 5.28. The first-order valence-electron chi connectivity index (χ1n) is 14.7. The van der Waals surface area contributed by atoms with Crippen molar-refractivity contribution < 1.29 is 28.3 Å². The van der Waals surface area contributed by atoms with Gasteiger partial charge in [-0.05, 0) is 64.7 Å². The number of benzene rings is 1. The third-order valence-electron chi connectivity index (χ3n) is 7.50. The van der Waals surface area contributed by atoms with E-state index in [1.165, 1.54) is 31.0 Å². The lowest BCUT2D eigenvalue weighted by atomic mass is 9.73. The van der Waals surface area contributed by atoms with Crippen LogP contribution in [0.2, 0.25) is 0 Å². The van der Waals surface area contributed by atoms with E-state index in [-0.39, 0.29) is 25.4 Å². The first kappa shape index (κ1) is 33.1. The van der Waals surface area contributed by atoms with Gasteiger partial charge in [-0.3, -0.25) is 14.4 Å². The van der Waals surface area contributed by atoms with Crippen molar-refractivity contribution in [2.24, 2.45) is 10.5 Å². The standard InChI is InChI=1S/C33H39FN6O5/c1-31(2,3)45-30(44)37-32(4,5)28(42)36-25(14-10-13-24-16-15-23(34)20-35-24)27(41)40-18-17-26-33(21-40,29(43)39(6)38-26)19-22-11-8-7-9-12-22/h7-9,11-12,15-16,20,25H,14,17-19,21H2,1-6H3,(H,36,42)(H,37,44)/t25-,33-/m1/s1. The van der Waals surface area contributed by atoms with Crippen LogP contribution in [0, 0.1) is 23.1 Å². The average molecular weight is 619 g/mol. The fourth-order valence-electron chi connectivity index (χ4n) is 5.28. The first-order chi connectivity index (χ1) is 21.1. The van der Waals surface area contributed by atoms with Crippen molar-refractivity contribution in [1.29, 1.82) is 0 Å². The third kappa shape index (κ3) is 8.03. The lowest BCUT2D eigenvalue weighted by molar-refractivity contribution is -0.142. The zero-order valence-corrected chi connectivity index (χ0v) is 26.4. The average Bonchev–Trinajstić information content (AvgIpc) is 3.20. The molecule has 0 saturated carbocycles. The molecule has 1 fully saturated rings. The van der Waals surface area contributed by atoms with Crippen molar-refractivity contribution in [1.82, 2.24) is 25.5 Å². The molecule has 0 radical (unpaired) electrons. The SMILES string of the molecule is CN1N=C2CCN(C(=O)[C@@H](CC#Cc3ccc(F)cn3)NC(=O)C(C)(C)NC(=O)OC(C)(C)C)C[C@@]2(Cc2ccccc2)C1=O. The number of nitrogens with zero attached hydrogens (tertiary/aromatic N) is 4. The minimum atomic E-state index is -1.45. The normalized spacial score (nSPS) is 18.6. The van der Waals surface area contributed by atoms with Crippen molar-refractivity contribution in [3.05, 3.63) is 65.7 Å². The van der Waals surface area contributed by atoms with Crippen LogP contribution in [-0.4, -0.2) is 81.7 Å². The molecule has 238 valence electrons. The molecule has 1 saturated heterocycles.